The topological polar surface area (TPSA) is 51.2 Å². The lowest BCUT2D eigenvalue weighted by Gasteiger charge is -2.04. The summed E-state index contributed by atoms with van der Waals surface area (Å²) in [7, 11) is 0. The number of carbonyl (C=O) groups excluding carboxylic acids is 1. The van der Waals surface area contributed by atoms with Gasteiger partial charge in [0.05, 0.1) is 16.8 Å². The number of fused-ring (bicyclic) bond motifs is 1. The van der Waals surface area contributed by atoms with Crippen molar-refractivity contribution >= 4 is 32.6 Å². The van der Waals surface area contributed by atoms with Crippen LogP contribution in [0.3, 0.4) is 0 Å². The van der Waals surface area contributed by atoms with Crippen molar-refractivity contribution in [2.24, 2.45) is 0 Å². The van der Waals surface area contributed by atoms with Gasteiger partial charge in [0, 0.05) is 5.56 Å². The van der Waals surface area contributed by atoms with Crippen molar-refractivity contribution in [3.8, 4) is 5.75 Å². The van der Waals surface area contributed by atoms with Gasteiger partial charge < -0.3 is 4.74 Å². The smallest absolute Gasteiger partial charge is 0.257 e. The molecule has 106 valence electrons. The Labute approximate surface area is 126 Å². The number of carbonyl (C=O) groups is 1. The summed E-state index contributed by atoms with van der Waals surface area (Å²) in [6.07, 6.45) is 0. The molecule has 0 aliphatic carbocycles. The number of benzene rings is 2. The molecule has 4 nitrogen and oxygen atoms in total. The molecule has 0 unspecified atom stereocenters. The molecule has 0 saturated carbocycles. The summed E-state index contributed by atoms with van der Waals surface area (Å²) < 4.78 is 6.41. The maximum absolute atomic E-state index is 12.2. The number of thiazole rings is 1. The molecule has 1 amide bonds. The van der Waals surface area contributed by atoms with Crippen LogP contribution < -0.4 is 10.1 Å². The molecule has 0 aliphatic rings. The monoisotopic (exact) mass is 298 g/mol. The molecule has 0 fully saturated rings. The van der Waals surface area contributed by atoms with E-state index in [0.717, 1.165) is 16.0 Å². The van der Waals surface area contributed by atoms with Gasteiger partial charge in [-0.05, 0) is 43.3 Å². The molecular formula is C16H14N2O2S. The third kappa shape index (κ3) is 3.03. The third-order valence-electron chi connectivity index (χ3n) is 2.94. The predicted octanol–water partition coefficient (Wildman–Crippen LogP) is 3.95. The van der Waals surface area contributed by atoms with Crippen LogP contribution in [0.2, 0.25) is 0 Å². The average molecular weight is 298 g/mol. The Balaban J connectivity index is 1.76. The molecule has 5 heteroatoms. The molecule has 0 saturated heterocycles. The first-order valence-corrected chi connectivity index (χ1v) is 7.47. The molecule has 0 aliphatic heterocycles. The van der Waals surface area contributed by atoms with Gasteiger partial charge in [-0.2, -0.15) is 0 Å². The molecule has 3 rings (SSSR count). The third-order valence-corrected chi connectivity index (χ3v) is 3.89. The number of aromatic nitrogens is 1. The number of para-hydroxylation sites is 1. The van der Waals surface area contributed by atoms with Gasteiger partial charge in [-0.15, -0.1) is 0 Å². The summed E-state index contributed by atoms with van der Waals surface area (Å²) in [5, 5.41) is 3.43. The van der Waals surface area contributed by atoms with Crippen LogP contribution >= 0.6 is 11.3 Å². The van der Waals surface area contributed by atoms with Crippen molar-refractivity contribution in [2.45, 2.75) is 6.92 Å². The van der Waals surface area contributed by atoms with E-state index in [1.165, 1.54) is 11.3 Å². The molecule has 1 heterocycles. The zero-order valence-electron chi connectivity index (χ0n) is 11.5. The first kappa shape index (κ1) is 13.6. The van der Waals surface area contributed by atoms with E-state index in [9.17, 15) is 4.79 Å². The molecule has 0 radical (unpaired) electrons. The van der Waals surface area contributed by atoms with Crippen molar-refractivity contribution in [2.75, 3.05) is 11.9 Å². The highest BCUT2D eigenvalue weighted by Gasteiger charge is 2.09. The normalized spacial score (nSPS) is 10.5. The molecule has 0 atom stereocenters. The first-order chi connectivity index (χ1) is 10.3. The number of hydrogen-bond acceptors (Lipinski definition) is 4. The SMILES string of the molecule is CCOc1ccc(C(=O)Nc2nc3ccccc3s2)cc1. The number of hydrogen-bond donors (Lipinski definition) is 1. The molecule has 0 bridgehead atoms. The van der Waals surface area contributed by atoms with E-state index < -0.39 is 0 Å². The molecule has 0 spiro atoms. The van der Waals surface area contributed by atoms with Crippen LogP contribution in [-0.2, 0) is 0 Å². The minimum atomic E-state index is -0.169. The Morgan fingerprint density at radius 1 is 1.19 bits per heavy atom. The second kappa shape index (κ2) is 5.93. The van der Waals surface area contributed by atoms with Crippen LogP contribution in [0.4, 0.5) is 5.13 Å². The van der Waals surface area contributed by atoms with Gasteiger partial charge in [0.2, 0.25) is 0 Å². The van der Waals surface area contributed by atoms with Crippen LogP contribution in [0.15, 0.2) is 48.5 Å². The van der Waals surface area contributed by atoms with Gasteiger partial charge in [-0.1, -0.05) is 23.5 Å². The fourth-order valence-electron chi connectivity index (χ4n) is 1.96. The van der Waals surface area contributed by atoms with Gasteiger partial charge in [0.15, 0.2) is 5.13 Å². The van der Waals surface area contributed by atoms with E-state index in [1.54, 1.807) is 24.3 Å². The lowest BCUT2D eigenvalue weighted by Crippen LogP contribution is -2.11. The Hall–Kier alpha value is -2.40. The minimum Gasteiger partial charge on any atom is -0.494 e. The lowest BCUT2D eigenvalue weighted by molar-refractivity contribution is 0.102. The number of nitrogens with one attached hydrogen (secondary N) is 1. The standard InChI is InChI=1S/C16H14N2O2S/c1-2-20-12-9-7-11(8-10-12)15(19)18-16-17-13-5-3-4-6-14(13)21-16/h3-10H,2H2,1H3,(H,17,18,19). The zero-order chi connectivity index (χ0) is 14.7. The van der Waals surface area contributed by atoms with Crippen LogP contribution in [0.25, 0.3) is 10.2 Å². The van der Waals surface area contributed by atoms with Crippen molar-refractivity contribution in [1.82, 2.24) is 4.98 Å². The predicted molar refractivity (Wildman–Crippen MR) is 85.2 cm³/mol. The molecule has 1 N–H and O–H groups in total. The van der Waals surface area contributed by atoms with Crippen molar-refractivity contribution in [1.29, 1.82) is 0 Å². The molecule has 2 aromatic carbocycles. The van der Waals surface area contributed by atoms with Crippen LogP contribution in [0.1, 0.15) is 17.3 Å². The number of ether oxygens (including phenoxy) is 1. The summed E-state index contributed by atoms with van der Waals surface area (Å²) in [4.78, 5) is 16.6. The van der Waals surface area contributed by atoms with Gasteiger partial charge >= 0.3 is 0 Å². The number of rotatable bonds is 4. The van der Waals surface area contributed by atoms with Gasteiger partial charge in [-0.25, -0.2) is 4.98 Å². The summed E-state index contributed by atoms with van der Waals surface area (Å²) >= 11 is 1.46. The maximum Gasteiger partial charge on any atom is 0.257 e. The molecule has 3 aromatic rings. The molecular weight excluding hydrogens is 284 g/mol. The highest BCUT2D eigenvalue weighted by atomic mass is 32.1. The van der Waals surface area contributed by atoms with E-state index in [-0.39, 0.29) is 5.91 Å². The van der Waals surface area contributed by atoms with Crippen molar-refractivity contribution in [3.63, 3.8) is 0 Å². The highest BCUT2D eigenvalue weighted by molar-refractivity contribution is 7.22. The first-order valence-electron chi connectivity index (χ1n) is 6.66. The summed E-state index contributed by atoms with van der Waals surface area (Å²) in [6.45, 7) is 2.53. The fraction of sp³-hybridized carbons (Fsp3) is 0.125. The van der Waals surface area contributed by atoms with E-state index in [4.69, 9.17) is 4.74 Å². The van der Waals surface area contributed by atoms with Crippen LogP contribution in [0.5, 0.6) is 5.75 Å². The number of amides is 1. The van der Waals surface area contributed by atoms with Crippen LogP contribution in [-0.4, -0.2) is 17.5 Å². The van der Waals surface area contributed by atoms with Gasteiger partial charge in [0.25, 0.3) is 5.91 Å². The van der Waals surface area contributed by atoms with Crippen LogP contribution in [0, 0.1) is 0 Å². The average Bonchev–Trinajstić information content (AvgIpc) is 2.90. The Bertz CT molecular complexity index is 732. The van der Waals surface area contributed by atoms with E-state index in [1.807, 2.05) is 31.2 Å². The quantitative estimate of drug-likeness (QED) is 0.793. The maximum atomic E-state index is 12.2. The Morgan fingerprint density at radius 2 is 1.95 bits per heavy atom. The second-order valence-corrected chi connectivity index (χ2v) is 5.43. The Kier molecular flexibility index (Phi) is 3.83. The largest absolute Gasteiger partial charge is 0.494 e. The number of nitrogens with zero attached hydrogens (tertiary/aromatic N) is 1. The summed E-state index contributed by atoms with van der Waals surface area (Å²) in [5.74, 6) is 0.589. The molecule has 1 aromatic heterocycles. The number of anilines is 1. The minimum absolute atomic E-state index is 0.169. The second-order valence-electron chi connectivity index (χ2n) is 4.40. The van der Waals surface area contributed by atoms with Gasteiger partial charge in [0.1, 0.15) is 5.75 Å². The summed E-state index contributed by atoms with van der Waals surface area (Å²) in [5.41, 5.74) is 1.47. The molecule has 21 heavy (non-hydrogen) atoms. The van der Waals surface area contributed by atoms with E-state index in [0.29, 0.717) is 17.3 Å². The lowest BCUT2D eigenvalue weighted by atomic mass is 10.2. The van der Waals surface area contributed by atoms with Crippen molar-refractivity contribution < 1.29 is 9.53 Å². The zero-order valence-corrected chi connectivity index (χ0v) is 12.3. The van der Waals surface area contributed by atoms with E-state index in [2.05, 4.69) is 10.3 Å². The van der Waals surface area contributed by atoms with Gasteiger partial charge in [-0.3, -0.25) is 10.1 Å². The van der Waals surface area contributed by atoms with E-state index >= 15 is 0 Å². The summed E-state index contributed by atoms with van der Waals surface area (Å²) in [6, 6.07) is 14.9. The fourth-order valence-corrected chi connectivity index (χ4v) is 2.83. The Morgan fingerprint density at radius 3 is 2.67 bits per heavy atom. The van der Waals surface area contributed by atoms with Crippen molar-refractivity contribution in [3.05, 3.63) is 54.1 Å². The highest BCUT2D eigenvalue weighted by Crippen LogP contribution is 2.25.